The Kier molecular flexibility index (Phi) is 7.90. The Morgan fingerprint density at radius 3 is 1.78 bits per heavy atom. The van der Waals surface area contributed by atoms with E-state index in [1.54, 1.807) is 25.1 Å². The van der Waals surface area contributed by atoms with Crippen LogP contribution in [-0.2, 0) is 9.47 Å². The molecule has 2 atom stereocenters. The van der Waals surface area contributed by atoms with Gasteiger partial charge in [0.05, 0.1) is 21.0 Å². The first kappa shape index (κ1) is 25.8. The fourth-order valence-electron chi connectivity index (χ4n) is 3.58. The second-order valence-corrected chi connectivity index (χ2v) is 8.01. The van der Waals surface area contributed by atoms with Crippen LogP contribution in [0.3, 0.4) is 0 Å². The number of nitro groups is 2. The summed E-state index contributed by atoms with van der Waals surface area (Å²) in [5, 5.41) is 21.8. The SMILES string of the molecule is C=C[C@H](c1ccccc1)[C@](C)(COC(=O)c1ccc([N+](=O)[O-])cc1)OC(=O)c1ccc([N+](=O)[O-])cc1. The topological polar surface area (TPSA) is 139 Å². The van der Waals surface area contributed by atoms with Crippen LogP contribution in [0.15, 0.2) is 91.5 Å². The van der Waals surface area contributed by atoms with E-state index in [4.69, 9.17) is 9.47 Å². The molecule has 0 aliphatic rings. The van der Waals surface area contributed by atoms with E-state index in [2.05, 4.69) is 6.58 Å². The molecule has 0 bridgehead atoms. The number of nitrogens with zero attached hydrogens (tertiary/aromatic N) is 2. The molecule has 3 aromatic rings. The lowest BCUT2D eigenvalue weighted by Gasteiger charge is -2.35. The van der Waals surface area contributed by atoms with Crippen LogP contribution < -0.4 is 0 Å². The molecule has 10 nitrogen and oxygen atoms in total. The highest BCUT2D eigenvalue weighted by atomic mass is 16.6. The van der Waals surface area contributed by atoms with Gasteiger partial charge in [0, 0.05) is 30.2 Å². The van der Waals surface area contributed by atoms with Crippen molar-refractivity contribution < 1.29 is 28.9 Å². The molecule has 36 heavy (non-hydrogen) atoms. The monoisotopic (exact) mass is 490 g/mol. The van der Waals surface area contributed by atoms with Crippen LogP contribution in [0.4, 0.5) is 11.4 Å². The highest BCUT2D eigenvalue weighted by molar-refractivity contribution is 5.91. The Hall–Kier alpha value is -4.86. The standard InChI is InChI=1S/C26H22N2O8/c1-3-23(18-7-5-4-6-8-18)26(2,36-25(30)20-11-15-22(16-12-20)28(33)34)17-35-24(29)19-9-13-21(14-10-19)27(31)32/h3-16,23H,1,17H2,2H3/t23-,26+/m1/s1. The van der Waals surface area contributed by atoms with E-state index in [0.29, 0.717) is 0 Å². The van der Waals surface area contributed by atoms with E-state index in [-0.39, 0.29) is 29.1 Å². The first-order chi connectivity index (χ1) is 17.1. The van der Waals surface area contributed by atoms with Crippen molar-refractivity contribution in [1.82, 2.24) is 0 Å². The number of esters is 2. The normalized spacial score (nSPS) is 13.0. The van der Waals surface area contributed by atoms with Crippen molar-refractivity contribution in [3.05, 3.63) is 128 Å². The van der Waals surface area contributed by atoms with Crippen molar-refractivity contribution in [2.75, 3.05) is 6.61 Å². The van der Waals surface area contributed by atoms with Gasteiger partial charge in [0.1, 0.15) is 6.61 Å². The van der Waals surface area contributed by atoms with E-state index < -0.39 is 33.3 Å². The maximum Gasteiger partial charge on any atom is 0.338 e. The second-order valence-electron chi connectivity index (χ2n) is 8.01. The van der Waals surface area contributed by atoms with Crippen LogP contribution in [0.5, 0.6) is 0 Å². The Balaban J connectivity index is 1.87. The van der Waals surface area contributed by atoms with Crippen molar-refractivity contribution in [2.45, 2.75) is 18.4 Å². The van der Waals surface area contributed by atoms with Gasteiger partial charge in [-0.3, -0.25) is 20.2 Å². The zero-order valence-electron chi connectivity index (χ0n) is 19.2. The zero-order valence-corrected chi connectivity index (χ0v) is 19.2. The van der Waals surface area contributed by atoms with Crippen LogP contribution >= 0.6 is 0 Å². The molecule has 0 N–H and O–H groups in total. The maximum atomic E-state index is 13.0. The molecular formula is C26H22N2O8. The third-order valence-corrected chi connectivity index (χ3v) is 5.50. The van der Waals surface area contributed by atoms with E-state index in [0.717, 1.165) is 5.56 Å². The van der Waals surface area contributed by atoms with Gasteiger partial charge < -0.3 is 9.47 Å². The molecule has 0 amide bonds. The number of rotatable bonds is 10. The van der Waals surface area contributed by atoms with Crippen LogP contribution in [0.1, 0.15) is 39.1 Å². The molecule has 0 aliphatic heterocycles. The Morgan fingerprint density at radius 2 is 1.33 bits per heavy atom. The highest BCUT2D eigenvalue weighted by Crippen LogP contribution is 2.34. The summed E-state index contributed by atoms with van der Waals surface area (Å²) >= 11 is 0. The molecule has 3 aromatic carbocycles. The molecule has 0 spiro atoms. The van der Waals surface area contributed by atoms with E-state index in [1.165, 1.54) is 48.5 Å². The van der Waals surface area contributed by atoms with Crippen molar-refractivity contribution in [3.8, 4) is 0 Å². The molecular weight excluding hydrogens is 468 g/mol. The molecule has 0 saturated heterocycles. The number of non-ortho nitro benzene ring substituents is 2. The van der Waals surface area contributed by atoms with Crippen LogP contribution in [0, 0.1) is 20.2 Å². The summed E-state index contributed by atoms with van der Waals surface area (Å²) in [7, 11) is 0. The summed E-state index contributed by atoms with van der Waals surface area (Å²) in [6.07, 6.45) is 1.57. The smallest absolute Gasteiger partial charge is 0.338 e. The van der Waals surface area contributed by atoms with Crippen molar-refractivity contribution >= 4 is 23.3 Å². The molecule has 184 valence electrons. The number of benzene rings is 3. The molecule has 0 aliphatic carbocycles. The van der Waals surface area contributed by atoms with Gasteiger partial charge in [0.15, 0.2) is 5.60 Å². The molecule has 0 heterocycles. The zero-order chi connectivity index (χ0) is 26.3. The minimum Gasteiger partial charge on any atom is -0.458 e. The maximum absolute atomic E-state index is 13.0. The number of hydrogen-bond donors (Lipinski definition) is 0. The molecule has 0 unspecified atom stereocenters. The first-order valence-electron chi connectivity index (χ1n) is 10.7. The summed E-state index contributed by atoms with van der Waals surface area (Å²) in [6.45, 7) is 5.07. The van der Waals surface area contributed by atoms with Crippen LogP contribution in [0.25, 0.3) is 0 Å². The largest absolute Gasteiger partial charge is 0.458 e. The lowest BCUT2D eigenvalue weighted by molar-refractivity contribution is -0.385. The van der Waals surface area contributed by atoms with Gasteiger partial charge in [-0.25, -0.2) is 9.59 Å². The van der Waals surface area contributed by atoms with Gasteiger partial charge in [-0.2, -0.15) is 0 Å². The minimum atomic E-state index is -1.42. The number of nitro benzene ring substituents is 2. The summed E-state index contributed by atoms with van der Waals surface area (Å²) in [4.78, 5) is 46.2. The van der Waals surface area contributed by atoms with Gasteiger partial charge >= 0.3 is 11.9 Å². The van der Waals surface area contributed by atoms with Crippen molar-refractivity contribution in [1.29, 1.82) is 0 Å². The van der Waals surface area contributed by atoms with Crippen molar-refractivity contribution in [3.63, 3.8) is 0 Å². The van der Waals surface area contributed by atoms with Gasteiger partial charge in [-0.1, -0.05) is 36.4 Å². The van der Waals surface area contributed by atoms with Gasteiger partial charge in [0.2, 0.25) is 0 Å². The number of hydrogen-bond acceptors (Lipinski definition) is 8. The predicted molar refractivity (Wildman–Crippen MR) is 130 cm³/mol. The number of carbonyl (C=O) groups is 2. The third-order valence-electron chi connectivity index (χ3n) is 5.50. The molecule has 0 fully saturated rings. The fourth-order valence-corrected chi connectivity index (χ4v) is 3.58. The number of carbonyl (C=O) groups excluding carboxylic acids is 2. The second kappa shape index (κ2) is 11.0. The van der Waals surface area contributed by atoms with Gasteiger partial charge in [-0.15, -0.1) is 6.58 Å². The Labute approximate surface area is 206 Å². The molecule has 0 aromatic heterocycles. The van der Waals surface area contributed by atoms with Crippen LogP contribution in [0.2, 0.25) is 0 Å². The van der Waals surface area contributed by atoms with Crippen LogP contribution in [-0.4, -0.2) is 34.0 Å². The Morgan fingerprint density at radius 1 is 0.861 bits per heavy atom. The van der Waals surface area contributed by atoms with Gasteiger partial charge in [-0.05, 0) is 36.8 Å². The molecule has 0 radical (unpaired) electrons. The summed E-state index contributed by atoms with van der Waals surface area (Å²) in [6, 6.07) is 18.8. The number of ether oxygens (including phenoxy) is 2. The average Bonchev–Trinajstić information content (AvgIpc) is 2.88. The van der Waals surface area contributed by atoms with Crippen molar-refractivity contribution in [2.24, 2.45) is 0 Å². The minimum absolute atomic E-state index is 0.0735. The molecule has 3 rings (SSSR count). The first-order valence-corrected chi connectivity index (χ1v) is 10.7. The third kappa shape index (κ3) is 5.98. The predicted octanol–water partition coefficient (Wildman–Crippen LogP) is 5.25. The summed E-state index contributed by atoms with van der Waals surface area (Å²) < 4.78 is 11.3. The molecule has 10 heteroatoms. The molecule has 0 saturated carbocycles. The fraction of sp³-hybridized carbons (Fsp3) is 0.154. The lowest BCUT2D eigenvalue weighted by atomic mass is 9.83. The highest BCUT2D eigenvalue weighted by Gasteiger charge is 2.39. The van der Waals surface area contributed by atoms with E-state index in [9.17, 15) is 29.8 Å². The van der Waals surface area contributed by atoms with E-state index >= 15 is 0 Å². The summed E-state index contributed by atoms with van der Waals surface area (Å²) in [5.74, 6) is -2.13. The quantitative estimate of drug-likeness (QED) is 0.163. The van der Waals surface area contributed by atoms with E-state index in [1.807, 2.05) is 18.2 Å². The average molecular weight is 490 g/mol. The summed E-state index contributed by atoms with van der Waals surface area (Å²) in [5.41, 5.74) is -0.871. The Bertz CT molecular complexity index is 1270. The lowest BCUT2D eigenvalue weighted by Crippen LogP contribution is -2.43. The van der Waals surface area contributed by atoms with Gasteiger partial charge in [0.25, 0.3) is 11.4 Å².